The molecule has 0 N–H and O–H groups in total. The van der Waals surface area contributed by atoms with Crippen molar-refractivity contribution >= 4 is 153 Å². The number of pyridine rings is 4. The molecule has 0 fully saturated rings. The summed E-state index contributed by atoms with van der Waals surface area (Å²) in [5.74, 6) is 0. The van der Waals surface area contributed by atoms with Crippen molar-refractivity contribution in [3.63, 3.8) is 0 Å². The zero-order valence-electron chi connectivity index (χ0n) is 55.3. The molecule has 480 valence electrons. The van der Waals surface area contributed by atoms with Crippen LogP contribution in [0.15, 0.2) is 347 Å². The fraction of sp³-hybridized carbons (Fsp3) is 0. The highest BCUT2D eigenvalue weighted by Crippen LogP contribution is 2.46. The van der Waals surface area contributed by atoms with E-state index in [0.717, 1.165) is 99.8 Å². The lowest BCUT2D eigenvalue weighted by molar-refractivity contribution is 1.11. The van der Waals surface area contributed by atoms with Crippen molar-refractivity contribution in [2.45, 2.75) is 0 Å². The van der Waals surface area contributed by atoms with Crippen molar-refractivity contribution < 1.29 is 0 Å². The Labute approximate surface area is 587 Å². The Morgan fingerprint density at radius 3 is 0.786 bits per heavy atom. The van der Waals surface area contributed by atoms with Crippen molar-refractivity contribution in [3.8, 4) is 39.8 Å². The number of hydrogen-bond acceptors (Lipinski definition) is 4. The molecule has 0 bridgehead atoms. The third-order valence-electron chi connectivity index (χ3n) is 21.3. The summed E-state index contributed by atoms with van der Waals surface area (Å²) in [5.41, 5.74) is 23.9. The predicted molar refractivity (Wildman–Crippen MR) is 424 cm³/mol. The summed E-state index contributed by atoms with van der Waals surface area (Å²) in [6.45, 7) is 0. The van der Waals surface area contributed by atoms with E-state index in [9.17, 15) is 0 Å². The Kier molecular flexibility index (Phi) is 12.2. The Morgan fingerprint density at radius 2 is 0.408 bits per heavy atom. The molecule has 0 atom stereocenters. The first-order chi connectivity index (χ1) is 51.2. The van der Waals surface area contributed by atoms with Gasteiger partial charge in [0.05, 0.1) is 88.6 Å². The van der Waals surface area contributed by atoms with Crippen molar-refractivity contribution in [1.82, 2.24) is 51.9 Å². The molecule has 0 amide bonds. The molecule has 12 aromatic carbocycles. The summed E-state index contributed by atoms with van der Waals surface area (Å²) in [4.78, 5) is 17.9. The molecule has 0 unspecified atom stereocenters. The minimum absolute atomic E-state index is 1.06. The highest BCUT2D eigenvalue weighted by atomic mass is 15.1. The van der Waals surface area contributed by atoms with Gasteiger partial charge in [-0.25, -0.2) is 0 Å². The van der Waals surface area contributed by atoms with E-state index < -0.39 is 0 Å². The third-order valence-corrected chi connectivity index (χ3v) is 21.3. The summed E-state index contributed by atoms with van der Waals surface area (Å²) in [5, 5.41) is 16.5. The minimum Gasteiger partial charge on any atom is -0.309 e. The van der Waals surface area contributed by atoms with Gasteiger partial charge < -0.3 is 32.0 Å². The van der Waals surface area contributed by atoms with Gasteiger partial charge >= 0.3 is 0 Å². The normalized spacial score (nSPS) is 12.1. The minimum atomic E-state index is 1.06. The van der Waals surface area contributed by atoms with Crippen LogP contribution in [0.1, 0.15) is 0 Å². The van der Waals surface area contributed by atoms with Gasteiger partial charge in [-0.15, -0.1) is 0 Å². The van der Waals surface area contributed by atoms with Crippen molar-refractivity contribution in [2.75, 3.05) is 0 Å². The van der Waals surface area contributed by atoms with Crippen LogP contribution in [-0.4, -0.2) is 51.9 Å². The van der Waals surface area contributed by atoms with Crippen molar-refractivity contribution in [2.24, 2.45) is 0 Å². The lowest BCUT2D eigenvalue weighted by Crippen LogP contribution is -2.03. The van der Waals surface area contributed by atoms with E-state index in [1.54, 1.807) is 0 Å². The third kappa shape index (κ3) is 8.27. The molecule has 0 aliphatic heterocycles. The molecule has 11 heterocycles. The van der Waals surface area contributed by atoms with Gasteiger partial charge in [-0.1, -0.05) is 164 Å². The maximum atomic E-state index is 4.50. The number of para-hydroxylation sites is 9. The molecule has 11 nitrogen and oxygen atoms in total. The topological polar surface area (TPSA) is 86.1 Å². The fourth-order valence-corrected chi connectivity index (χ4v) is 17.1. The molecule has 0 aliphatic carbocycles. The van der Waals surface area contributed by atoms with Gasteiger partial charge in [-0.05, 0) is 133 Å². The zero-order valence-corrected chi connectivity index (χ0v) is 55.3. The highest BCUT2D eigenvalue weighted by molar-refractivity contribution is 6.20. The maximum Gasteiger partial charge on any atom is 0.0784 e. The van der Waals surface area contributed by atoms with Crippen LogP contribution in [0.25, 0.3) is 192 Å². The number of rotatable bonds is 7. The van der Waals surface area contributed by atoms with Crippen LogP contribution in [0.4, 0.5) is 0 Å². The molecule has 0 aliphatic rings. The molecule has 11 aromatic heterocycles. The van der Waals surface area contributed by atoms with Crippen LogP contribution in [0.3, 0.4) is 0 Å². The van der Waals surface area contributed by atoms with Crippen LogP contribution in [-0.2, 0) is 0 Å². The molecular weight excluding hydrogens is 1260 g/mol. The summed E-state index contributed by atoms with van der Waals surface area (Å²) >= 11 is 0. The Balaban J connectivity index is 0.000000134. The van der Waals surface area contributed by atoms with Crippen molar-refractivity contribution in [3.05, 3.63) is 347 Å². The number of fused-ring (bicyclic) bond motifs is 21. The molecule has 23 aromatic rings. The zero-order chi connectivity index (χ0) is 67.4. The van der Waals surface area contributed by atoms with Crippen LogP contribution >= 0.6 is 0 Å². The van der Waals surface area contributed by atoms with Gasteiger partial charge in [0.15, 0.2) is 0 Å². The smallest absolute Gasteiger partial charge is 0.0784 e. The second-order valence-corrected chi connectivity index (χ2v) is 26.6. The molecule has 23 rings (SSSR count). The highest BCUT2D eigenvalue weighted by Gasteiger charge is 2.27. The molecule has 103 heavy (non-hydrogen) atoms. The van der Waals surface area contributed by atoms with E-state index >= 15 is 0 Å². The Morgan fingerprint density at radius 1 is 0.155 bits per heavy atom. The van der Waals surface area contributed by atoms with Crippen LogP contribution in [0.5, 0.6) is 0 Å². The lowest BCUT2D eigenvalue weighted by Gasteiger charge is -2.17. The molecular formula is C92H57N11. The standard InChI is InChI=1S/C54H34N4.C38H23N7/c1-2-16-35(17-3-1)55-48-26-12-8-22-42(48)44-32-36(30-31-52(44)55)57-49-27-13-9-23-43(49)45-33-37(56-46-24-10-4-18-38(46)39-19-5-11-25-47(39)56)34-53(54(45)57)58-50-28-14-6-20-40(50)41-21-7-15-29-51(41)58;1-2-6-24(7-3-1)44-32-9-5-4-8-26(32)27-18-25(43-33-10-14-39-20-28(33)29-21-40-15-11-34(29)43)19-37(38(27)44)45-35-12-16-41-22-30(35)31-23-42-17-13-36(31)45/h1-34H;1-23H. The maximum absolute atomic E-state index is 4.50. The Bertz CT molecular complexity index is 7230. The Hall–Kier alpha value is -14.2. The number of aromatic nitrogens is 11. The van der Waals surface area contributed by atoms with E-state index in [2.05, 4.69) is 349 Å². The van der Waals surface area contributed by atoms with Gasteiger partial charge in [0.25, 0.3) is 0 Å². The average Bonchev–Trinajstić information content (AvgIpc) is 1.55. The predicted octanol–water partition coefficient (Wildman–Crippen LogP) is 22.6. The monoisotopic (exact) mass is 1320 g/mol. The fourth-order valence-electron chi connectivity index (χ4n) is 17.1. The van der Waals surface area contributed by atoms with Crippen LogP contribution in [0.2, 0.25) is 0 Å². The summed E-state index contributed by atoms with van der Waals surface area (Å²) in [7, 11) is 0. The van der Waals surface area contributed by atoms with Gasteiger partial charge in [-0.2, -0.15) is 0 Å². The first-order valence-electron chi connectivity index (χ1n) is 34.8. The number of nitrogens with zero attached hydrogens (tertiary/aromatic N) is 11. The van der Waals surface area contributed by atoms with E-state index in [-0.39, 0.29) is 0 Å². The van der Waals surface area contributed by atoms with Gasteiger partial charge in [-0.3, -0.25) is 19.9 Å². The number of hydrogen-bond donors (Lipinski definition) is 0. The molecule has 11 heteroatoms. The molecule has 0 saturated heterocycles. The van der Waals surface area contributed by atoms with E-state index in [1.807, 2.05) is 49.6 Å². The largest absolute Gasteiger partial charge is 0.309 e. The van der Waals surface area contributed by atoms with Gasteiger partial charge in [0.2, 0.25) is 0 Å². The van der Waals surface area contributed by atoms with E-state index in [1.165, 1.54) is 92.6 Å². The van der Waals surface area contributed by atoms with Gasteiger partial charge in [0.1, 0.15) is 0 Å². The van der Waals surface area contributed by atoms with Crippen LogP contribution in [0, 0.1) is 0 Å². The van der Waals surface area contributed by atoms with Crippen LogP contribution < -0.4 is 0 Å². The van der Waals surface area contributed by atoms with Crippen molar-refractivity contribution in [1.29, 1.82) is 0 Å². The number of benzene rings is 12. The second kappa shape index (κ2) is 22.2. The first kappa shape index (κ1) is 56.8. The summed E-state index contributed by atoms with van der Waals surface area (Å²) < 4.78 is 17.0. The molecule has 0 radical (unpaired) electrons. The average molecular weight is 1320 g/mol. The summed E-state index contributed by atoms with van der Waals surface area (Å²) in [6, 6.07) is 108. The van der Waals surface area contributed by atoms with E-state index in [4.69, 9.17) is 0 Å². The SMILES string of the molecule is c1ccc(-n2c3ccccc3c3cc(-n4c5ccccc5c5cc(-n6c7ccccc7c7ccccc76)cc(-n6c7ccccc7c7ccccc76)c54)ccc32)cc1.c1ccc(-n2c3ccccc3c3cc(-n4c5ccncc5c5cnccc54)cc(-n4c5ccncc5c5cnccc54)c32)cc1. The van der Waals surface area contributed by atoms with Gasteiger partial charge in [0, 0.05) is 153 Å². The lowest BCUT2D eigenvalue weighted by atomic mass is 10.1. The molecule has 0 spiro atoms. The molecule has 0 saturated carbocycles. The summed E-state index contributed by atoms with van der Waals surface area (Å²) in [6.07, 6.45) is 15.2. The van der Waals surface area contributed by atoms with E-state index in [0.29, 0.717) is 0 Å². The quantitative estimate of drug-likeness (QED) is 0.159. The first-order valence-corrected chi connectivity index (χ1v) is 34.8. The second-order valence-electron chi connectivity index (χ2n) is 26.6.